The quantitative estimate of drug-likeness (QED) is 0.329. The van der Waals surface area contributed by atoms with Gasteiger partial charge in [0, 0.05) is 29.7 Å². The van der Waals surface area contributed by atoms with Crippen LogP contribution in [0.2, 0.25) is 0 Å². The minimum absolute atomic E-state index is 0.0550. The lowest BCUT2D eigenvalue weighted by Crippen LogP contribution is -2.65. The first-order chi connectivity index (χ1) is 22.1. The summed E-state index contributed by atoms with van der Waals surface area (Å²) in [6, 6.07) is 2.32. The van der Waals surface area contributed by atoms with Crippen molar-refractivity contribution in [2.24, 2.45) is 44.8 Å². The highest BCUT2D eigenvalue weighted by Crippen LogP contribution is 2.75. The van der Waals surface area contributed by atoms with Crippen LogP contribution in [-0.4, -0.2) is 39.3 Å². The number of hydrogen-bond acceptors (Lipinski definition) is 8. The van der Waals surface area contributed by atoms with E-state index in [2.05, 4.69) is 65.0 Å². The maximum atomic E-state index is 14.9. The van der Waals surface area contributed by atoms with Gasteiger partial charge < -0.3 is 19.7 Å². The molecular formula is C39H56N4O5. The number of nitriles is 1. The summed E-state index contributed by atoms with van der Waals surface area (Å²) in [6.07, 6.45) is 8.83. The fourth-order valence-electron chi connectivity index (χ4n) is 11.5. The normalized spacial score (nSPS) is 38.4. The Balaban J connectivity index is 1.35. The topological polar surface area (TPSA) is 138 Å². The Labute approximate surface area is 286 Å². The number of carbonyl (C=O) groups excluding carboxylic acids is 2. The fourth-order valence-corrected chi connectivity index (χ4v) is 11.5. The Morgan fingerprint density at radius 2 is 1.79 bits per heavy atom. The van der Waals surface area contributed by atoms with Crippen molar-refractivity contribution < 1.29 is 24.0 Å². The Morgan fingerprint density at radius 1 is 1.10 bits per heavy atom. The second-order valence-corrected chi connectivity index (χ2v) is 18.9. The van der Waals surface area contributed by atoms with Crippen molar-refractivity contribution in [3.8, 4) is 6.07 Å². The second-order valence-electron chi connectivity index (χ2n) is 18.9. The number of alkyl carbamates (subject to hydrolysis) is 1. The van der Waals surface area contributed by atoms with Gasteiger partial charge in [0.05, 0.1) is 11.6 Å². The summed E-state index contributed by atoms with van der Waals surface area (Å²) >= 11 is 0. The van der Waals surface area contributed by atoms with Crippen LogP contribution in [0.15, 0.2) is 27.5 Å². The minimum Gasteiger partial charge on any atom is -0.511 e. The molecule has 3 fully saturated rings. The summed E-state index contributed by atoms with van der Waals surface area (Å²) < 4.78 is 11.2. The monoisotopic (exact) mass is 660 g/mol. The Morgan fingerprint density at radius 3 is 2.46 bits per heavy atom. The SMILES string of the molecule is CC1(C)CC[C@]2(c3noc(CCNC(=O)OC(C)(C)C)n3)CC[C@]3(C)[C@H](C(=O)C=C4[C@@]5(C)CC(C#N)=C(O)C(C)(C)[C@@H]5CC[C@]43C)[C@@H]2C1. The van der Waals surface area contributed by atoms with E-state index >= 15 is 0 Å². The highest BCUT2D eigenvalue weighted by molar-refractivity contribution is 5.95. The summed E-state index contributed by atoms with van der Waals surface area (Å²) in [7, 11) is 0. The van der Waals surface area contributed by atoms with Crippen LogP contribution < -0.4 is 5.32 Å². The number of amides is 1. The van der Waals surface area contributed by atoms with Crippen LogP contribution in [0, 0.1) is 56.2 Å². The number of aromatic nitrogens is 2. The molecule has 9 heteroatoms. The number of aliphatic hydroxyl groups excluding tert-OH is 1. The molecule has 5 aliphatic carbocycles. The average Bonchev–Trinajstić information content (AvgIpc) is 3.44. The van der Waals surface area contributed by atoms with Crippen LogP contribution in [0.25, 0.3) is 0 Å². The second kappa shape index (κ2) is 10.9. The number of ether oxygens (including phenoxy) is 1. The number of carbonyl (C=O) groups is 2. The first kappa shape index (κ1) is 34.7. The highest BCUT2D eigenvalue weighted by Gasteiger charge is 2.70. The molecule has 48 heavy (non-hydrogen) atoms. The van der Waals surface area contributed by atoms with Gasteiger partial charge in [0.2, 0.25) is 5.89 Å². The summed E-state index contributed by atoms with van der Waals surface area (Å²) in [5, 5.41) is 28.6. The smallest absolute Gasteiger partial charge is 0.407 e. The van der Waals surface area contributed by atoms with Crippen molar-refractivity contribution in [1.82, 2.24) is 15.5 Å². The van der Waals surface area contributed by atoms with Gasteiger partial charge in [-0.3, -0.25) is 4.79 Å². The highest BCUT2D eigenvalue weighted by atomic mass is 16.6. The van der Waals surface area contributed by atoms with Crippen molar-refractivity contribution in [3.63, 3.8) is 0 Å². The summed E-state index contributed by atoms with van der Waals surface area (Å²) in [4.78, 5) is 32.0. The molecule has 6 rings (SSSR count). The lowest BCUT2D eigenvalue weighted by molar-refractivity contribution is -0.161. The van der Waals surface area contributed by atoms with Gasteiger partial charge in [-0.1, -0.05) is 59.2 Å². The molecule has 0 aliphatic heterocycles. The van der Waals surface area contributed by atoms with Gasteiger partial charge in [-0.05, 0) is 112 Å². The molecule has 1 aromatic rings. The number of ketones is 1. The maximum Gasteiger partial charge on any atom is 0.407 e. The van der Waals surface area contributed by atoms with Crippen molar-refractivity contribution in [2.45, 2.75) is 138 Å². The number of nitrogens with zero attached hydrogens (tertiary/aromatic N) is 3. The zero-order valence-corrected chi connectivity index (χ0v) is 30.8. The predicted octanol–water partition coefficient (Wildman–Crippen LogP) is 8.31. The molecule has 1 aromatic heterocycles. The van der Waals surface area contributed by atoms with Gasteiger partial charge in [0.15, 0.2) is 11.6 Å². The van der Waals surface area contributed by atoms with Crippen molar-refractivity contribution >= 4 is 11.9 Å². The van der Waals surface area contributed by atoms with E-state index in [0.717, 1.165) is 44.9 Å². The van der Waals surface area contributed by atoms with Crippen LogP contribution in [0.3, 0.4) is 0 Å². The van der Waals surface area contributed by atoms with Crippen LogP contribution in [0.1, 0.15) is 132 Å². The van der Waals surface area contributed by atoms with Gasteiger partial charge in [-0.15, -0.1) is 0 Å². The first-order valence-corrected chi connectivity index (χ1v) is 18.0. The van der Waals surface area contributed by atoms with Crippen molar-refractivity contribution in [2.75, 3.05) is 6.54 Å². The third kappa shape index (κ3) is 5.05. The molecule has 5 aliphatic rings. The van der Waals surface area contributed by atoms with E-state index in [1.165, 1.54) is 5.57 Å². The number of aliphatic hydroxyl groups is 1. The number of fused-ring (bicyclic) bond motifs is 7. The molecule has 262 valence electrons. The largest absolute Gasteiger partial charge is 0.511 e. The summed E-state index contributed by atoms with van der Waals surface area (Å²) in [5.41, 5.74) is -0.691. The number of rotatable bonds is 4. The molecule has 9 nitrogen and oxygen atoms in total. The third-order valence-electron chi connectivity index (χ3n) is 14.0. The molecule has 0 unspecified atom stereocenters. The van der Waals surface area contributed by atoms with E-state index in [1.54, 1.807) is 0 Å². The molecule has 1 amide bonds. The molecule has 7 atom stereocenters. The van der Waals surface area contributed by atoms with Gasteiger partial charge in [-0.2, -0.15) is 10.2 Å². The van der Waals surface area contributed by atoms with E-state index < -0.39 is 22.5 Å². The summed E-state index contributed by atoms with van der Waals surface area (Å²) in [6.45, 7) is 21.6. The molecule has 2 N–H and O–H groups in total. The maximum absolute atomic E-state index is 14.9. The minimum atomic E-state index is -0.576. The molecule has 1 heterocycles. The number of hydrogen-bond donors (Lipinski definition) is 2. The van der Waals surface area contributed by atoms with E-state index in [0.29, 0.717) is 36.7 Å². The fraction of sp³-hybridized carbons (Fsp3) is 0.769. The van der Waals surface area contributed by atoms with Crippen LogP contribution in [-0.2, 0) is 21.4 Å². The standard InChI is InChI=1S/C39H56N4O5/c1-33(2,3)47-32(46)41-18-12-28-42-31(43-48-28)39-16-14-34(4,5)21-24(39)29-25(44)19-27-36(8)20-23(22-40)30(45)35(6,7)26(36)11-13-37(27,9)38(29,10)15-17-39/h19,24,26,29,45H,11-18,20-21H2,1-10H3,(H,41,46)/t24-,26-,29-,36-,37+,38+,39-/m0/s1. The molecule has 3 saturated carbocycles. The molecule has 0 radical (unpaired) electrons. The van der Waals surface area contributed by atoms with Crippen LogP contribution >= 0.6 is 0 Å². The molecular weight excluding hydrogens is 604 g/mol. The summed E-state index contributed by atoms with van der Waals surface area (Å²) in [5.74, 6) is 1.59. The zero-order chi connectivity index (χ0) is 35.3. The van der Waals surface area contributed by atoms with Crippen LogP contribution in [0.4, 0.5) is 4.79 Å². The Hall–Kier alpha value is -3.15. The van der Waals surface area contributed by atoms with E-state index in [1.807, 2.05) is 26.8 Å². The Bertz CT molecular complexity index is 1620. The van der Waals surface area contributed by atoms with Gasteiger partial charge in [0.25, 0.3) is 0 Å². The van der Waals surface area contributed by atoms with E-state index in [4.69, 9.17) is 14.2 Å². The lowest BCUT2D eigenvalue weighted by atomic mass is 9.34. The number of nitrogens with one attached hydrogen (secondary N) is 1. The van der Waals surface area contributed by atoms with E-state index in [-0.39, 0.29) is 51.0 Å². The average molecular weight is 661 g/mol. The predicted molar refractivity (Wildman–Crippen MR) is 182 cm³/mol. The van der Waals surface area contributed by atoms with Crippen molar-refractivity contribution in [1.29, 1.82) is 5.26 Å². The van der Waals surface area contributed by atoms with E-state index in [9.17, 15) is 20.0 Å². The zero-order valence-electron chi connectivity index (χ0n) is 30.8. The molecule has 0 saturated heterocycles. The van der Waals surface area contributed by atoms with Gasteiger partial charge in [0.1, 0.15) is 11.4 Å². The first-order valence-electron chi connectivity index (χ1n) is 18.0. The molecule has 0 spiro atoms. The van der Waals surface area contributed by atoms with Crippen LogP contribution in [0.5, 0.6) is 0 Å². The van der Waals surface area contributed by atoms with Gasteiger partial charge >= 0.3 is 6.09 Å². The lowest BCUT2D eigenvalue weighted by Gasteiger charge is -2.69. The third-order valence-corrected chi connectivity index (χ3v) is 14.0. The van der Waals surface area contributed by atoms with Gasteiger partial charge in [-0.25, -0.2) is 4.79 Å². The molecule has 0 aromatic carbocycles. The Kier molecular flexibility index (Phi) is 7.90. The van der Waals surface area contributed by atoms with Crippen molar-refractivity contribution in [3.05, 3.63) is 34.7 Å². The molecule has 0 bridgehead atoms. The number of allylic oxidation sites excluding steroid dienone is 4.